The van der Waals surface area contributed by atoms with Gasteiger partial charge in [0.1, 0.15) is 0 Å². The Morgan fingerprint density at radius 1 is 1.15 bits per heavy atom. The molecule has 3 heteroatoms. The fourth-order valence-corrected chi connectivity index (χ4v) is 2.52. The van der Waals surface area contributed by atoms with Crippen molar-refractivity contribution in [2.75, 3.05) is 0 Å². The number of benzene rings is 1. The molecule has 0 atom stereocenters. The van der Waals surface area contributed by atoms with Crippen LogP contribution in [0.15, 0.2) is 30.3 Å². The summed E-state index contributed by atoms with van der Waals surface area (Å²) in [5.74, 6) is 4.93. The van der Waals surface area contributed by atoms with Crippen LogP contribution in [-0.4, -0.2) is 5.97 Å². The first-order valence-electron chi connectivity index (χ1n) is 7.48. The third-order valence-corrected chi connectivity index (χ3v) is 3.54. The average molecular weight is 275 g/mol. The third-order valence-electron chi connectivity index (χ3n) is 3.54. The largest absolute Gasteiger partial charge is 0.370 e. The first kappa shape index (κ1) is 16.4. The SMILES string of the molecule is CC.NOC(=O)/C=C/c1ccc(C2CCCCC2)cc1. The molecule has 0 saturated heterocycles. The zero-order valence-electron chi connectivity index (χ0n) is 12.5. The van der Waals surface area contributed by atoms with E-state index in [1.165, 1.54) is 43.7 Å². The van der Waals surface area contributed by atoms with Gasteiger partial charge in [-0.3, -0.25) is 0 Å². The van der Waals surface area contributed by atoms with Crippen molar-refractivity contribution >= 4 is 12.0 Å². The van der Waals surface area contributed by atoms with Crippen molar-refractivity contribution in [3.05, 3.63) is 41.5 Å². The number of carbonyl (C=O) groups excluding carboxylic acids is 1. The van der Waals surface area contributed by atoms with Crippen molar-refractivity contribution < 1.29 is 9.63 Å². The van der Waals surface area contributed by atoms with Gasteiger partial charge in [-0.1, -0.05) is 57.4 Å². The van der Waals surface area contributed by atoms with Crippen molar-refractivity contribution in [3.8, 4) is 0 Å². The van der Waals surface area contributed by atoms with Gasteiger partial charge in [-0.25, -0.2) is 4.79 Å². The molecule has 1 aromatic rings. The fourth-order valence-electron chi connectivity index (χ4n) is 2.52. The van der Waals surface area contributed by atoms with E-state index < -0.39 is 5.97 Å². The molecule has 1 saturated carbocycles. The van der Waals surface area contributed by atoms with Gasteiger partial charge in [0.15, 0.2) is 0 Å². The Balaban J connectivity index is 0.000000956. The smallest absolute Gasteiger partial charge is 0.349 e. The van der Waals surface area contributed by atoms with Crippen LogP contribution in [0.1, 0.15) is 63.0 Å². The Morgan fingerprint density at radius 3 is 2.30 bits per heavy atom. The summed E-state index contributed by atoms with van der Waals surface area (Å²) in [6.45, 7) is 4.00. The molecule has 2 N–H and O–H groups in total. The number of carbonyl (C=O) groups is 1. The second kappa shape index (κ2) is 9.32. The van der Waals surface area contributed by atoms with E-state index in [1.54, 1.807) is 6.08 Å². The Kier molecular flexibility index (Phi) is 7.66. The molecule has 0 aliphatic heterocycles. The van der Waals surface area contributed by atoms with Crippen molar-refractivity contribution in [3.63, 3.8) is 0 Å². The van der Waals surface area contributed by atoms with Crippen molar-refractivity contribution in [2.24, 2.45) is 5.90 Å². The maximum absolute atomic E-state index is 10.9. The van der Waals surface area contributed by atoms with E-state index in [1.807, 2.05) is 26.0 Å². The minimum atomic E-state index is -0.536. The maximum Gasteiger partial charge on any atom is 0.349 e. The Bertz CT molecular complexity index is 417. The van der Waals surface area contributed by atoms with E-state index in [2.05, 4.69) is 17.0 Å². The minimum Gasteiger partial charge on any atom is -0.370 e. The molecule has 3 nitrogen and oxygen atoms in total. The van der Waals surface area contributed by atoms with Crippen molar-refractivity contribution in [1.82, 2.24) is 0 Å². The van der Waals surface area contributed by atoms with Gasteiger partial charge < -0.3 is 4.84 Å². The summed E-state index contributed by atoms with van der Waals surface area (Å²) in [5, 5.41) is 0. The van der Waals surface area contributed by atoms with Gasteiger partial charge in [0.25, 0.3) is 0 Å². The lowest BCUT2D eigenvalue weighted by Gasteiger charge is -2.21. The predicted octanol–water partition coefficient (Wildman–Crippen LogP) is 4.19. The molecule has 0 amide bonds. The lowest BCUT2D eigenvalue weighted by Crippen LogP contribution is -2.05. The molecule has 0 bridgehead atoms. The highest BCUT2D eigenvalue weighted by molar-refractivity contribution is 5.86. The second-order valence-electron chi connectivity index (χ2n) is 4.77. The maximum atomic E-state index is 10.9. The van der Waals surface area contributed by atoms with Crippen LogP contribution in [0, 0.1) is 0 Å². The number of nitrogens with two attached hydrogens (primary N) is 1. The third kappa shape index (κ3) is 5.17. The van der Waals surface area contributed by atoms with E-state index in [4.69, 9.17) is 5.90 Å². The topological polar surface area (TPSA) is 52.3 Å². The summed E-state index contributed by atoms with van der Waals surface area (Å²) >= 11 is 0. The molecule has 2 rings (SSSR count). The van der Waals surface area contributed by atoms with E-state index in [0.29, 0.717) is 5.92 Å². The zero-order chi connectivity index (χ0) is 14.8. The number of hydrogen-bond donors (Lipinski definition) is 1. The monoisotopic (exact) mass is 275 g/mol. The molecule has 0 unspecified atom stereocenters. The summed E-state index contributed by atoms with van der Waals surface area (Å²) in [4.78, 5) is 14.9. The zero-order valence-corrected chi connectivity index (χ0v) is 12.5. The molecule has 0 radical (unpaired) electrons. The van der Waals surface area contributed by atoms with Crippen LogP contribution in [0.3, 0.4) is 0 Å². The van der Waals surface area contributed by atoms with Crippen LogP contribution in [0.4, 0.5) is 0 Å². The molecule has 1 aliphatic rings. The van der Waals surface area contributed by atoms with Gasteiger partial charge in [-0.2, -0.15) is 5.90 Å². The summed E-state index contributed by atoms with van der Waals surface area (Å²) in [7, 11) is 0. The summed E-state index contributed by atoms with van der Waals surface area (Å²) < 4.78 is 0. The van der Waals surface area contributed by atoms with Crippen LogP contribution in [0.25, 0.3) is 6.08 Å². The van der Waals surface area contributed by atoms with Crippen molar-refractivity contribution in [2.45, 2.75) is 51.9 Å². The first-order valence-corrected chi connectivity index (χ1v) is 7.48. The lowest BCUT2D eigenvalue weighted by atomic mass is 9.84. The molecule has 0 spiro atoms. The van der Waals surface area contributed by atoms with Gasteiger partial charge in [-0.15, -0.1) is 0 Å². The van der Waals surface area contributed by atoms with Crippen LogP contribution >= 0.6 is 0 Å². The van der Waals surface area contributed by atoms with Crippen LogP contribution in [-0.2, 0) is 9.63 Å². The van der Waals surface area contributed by atoms with E-state index in [9.17, 15) is 4.79 Å². The highest BCUT2D eigenvalue weighted by Gasteiger charge is 2.14. The molecule has 1 fully saturated rings. The van der Waals surface area contributed by atoms with Crippen LogP contribution in [0.5, 0.6) is 0 Å². The lowest BCUT2D eigenvalue weighted by molar-refractivity contribution is -0.138. The van der Waals surface area contributed by atoms with Crippen LogP contribution in [0.2, 0.25) is 0 Å². The second-order valence-corrected chi connectivity index (χ2v) is 4.77. The highest BCUT2D eigenvalue weighted by Crippen LogP contribution is 2.32. The quantitative estimate of drug-likeness (QED) is 0.664. The molecule has 1 aliphatic carbocycles. The Labute approximate surface area is 121 Å². The van der Waals surface area contributed by atoms with E-state index in [0.717, 1.165) is 5.56 Å². The molecular weight excluding hydrogens is 250 g/mol. The molecule has 0 aromatic heterocycles. The minimum absolute atomic E-state index is 0.536. The first-order chi connectivity index (χ1) is 9.79. The predicted molar refractivity (Wildman–Crippen MR) is 82.9 cm³/mol. The van der Waals surface area contributed by atoms with Gasteiger partial charge in [-0.05, 0) is 36.0 Å². The molecule has 0 heterocycles. The number of rotatable bonds is 3. The fraction of sp³-hybridized carbons (Fsp3) is 0.471. The normalized spacial score (nSPS) is 15.6. The number of hydrogen-bond acceptors (Lipinski definition) is 3. The van der Waals surface area contributed by atoms with Gasteiger partial charge >= 0.3 is 5.97 Å². The molecular formula is C17H25NO2. The van der Waals surface area contributed by atoms with Crippen molar-refractivity contribution in [1.29, 1.82) is 0 Å². The van der Waals surface area contributed by atoms with Gasteiger partial charge in [0, 0.05) is 6.08 Å². The van der Waals surface area contributed by atoms with E-state index in [-0.39, 0.29) is 0 Å². The standard InChI is InChI=1S/C15H19NO2.C2H6/c16-18-15(17)11-8-12-6-9-14(10-7-12)13-4-2-1-3-5-13;1-2/h6-11,13H,1-5,16H2;1-2H3/b11-8+;. The summed E-state index contributed by atoms with van der Waals surface area (Å²) in [5.41, 5.74) is 2.40. The molecule has 1 aromatic carbocycles. The average Bonchev–Trinajstić information content (AvgIpc) is 2.56. The van der Waals surface area contributed by atoms with E-state index >= 15 is 0 Å². The van der Waals surface area contributed by atoms with Crippen LogP contribution < -0.4 is 5.90 Å². The summed E-state index contributed by atoms with van der Waals surface area (Å²) in [6.07, 6.45) is 9.70. The summed E-state index contributed by atoms with van der Waals surface area (Å²) in [6, 6.07) is 8.38. The molecule has 110 valence electrons. The Hall–Kier alpha value is -1.61. The highest BCUT2D eigenvalue weighted by atomic mass is 16.7. The Morgan fingerprint density at radius 2 is 1.75 bits per heavy atom. The molecule has 20 heavy (non-hydrogen) atoms. The van der Waals surface area contributed by atoms with Gasteiger partial charge in [0.2, 0.25) is 0 Å². The van der Waals surface area contributed by atoms with Gasteiger partial charge in [0.05, 0.1) is 0 Å².